The third-order valence-corrected chi connectivity index (χ3v) is 4.08. The van der Waals surface area contributed by atoms with Gasteiger partial charge in [-0.25, -0.2) is 0 Å². The van der Waals surface area contributed by atoms with Crippen molar-refractivity contribution >= 4 is 39.2 Å². The molecule has 0 fully saturated rings. The minimum Gasteiger partial charge on any atom is -0.456 e. The first-order chi connectivity index (χ1) is 11.1. The Balaban J connectivity index is 2.13. The van der Waals surface area contributed by atoms with Crippen molar-refractivity contribution in [3.05, 3.63) is 75.8 Å². The van der Waals surface area contributed by atoms with E-state index in [2.05, 4.69) is 0 Å². The third-order valence-electron chi connectivity index (χ3n) is 3.85. The first-order valence-corrected chi connectivity index (χ1v) is 7.37. The molecule has 4 rings (SSSR count). The molecule has 0 amide bonds. The highest BCUT2D eigenvalue weighted by Crippen LogP contribution is 2.40. The fourth-order valence-electron chi connectivity index (χ4n) is 2.88. The molecule has 0 spiro atoms. The lowest BCUT2D eigenvalue weighted by atomic mass is 9.98. The summed E-state index contributed by atoms with van der Waals surface area (Å²) in [4.78, 5) is 11.0. The van der Waals surface area contributed by atoms with E-state index in [1.807, 2.05) is 42.5 Å². The fourth-order valence-corrected chi connectivity index (χ4v) is 3.05. The molecular formula is C18H10ClNO3. The second kappa shape index (κ2) is 5.11. The van der Waals surface area contributed by atoms with Crippen LogP contribution >= 0.6 is 11.6 Å². The molecule has 0 aliphatic carbocycles. The lowest BCUT2D eigenvalue weighted by Gasteiger charge is -2.05. The summed E-state index contributed by atoms with van der Waals surface area (Å²) in [7, 11) is 0. The molecule has 0 N–H and O–H groups in total. The highest BCUT2D eigenvalue weighted by Gasteiger charge is 2.20. The van der Waals surface area contributed by atoms with E-state index in [0.29, 0.717) is 16.2 Å². The van der Waals surface area contributed by atoms with Crippen LogP contribution in [-0.2, 0) is 0 Å². The van der Waals surface area contributed by atoms with E-state index in [-0.39, 0.29) is 5.69 Å². The van der Waals surface area contributed by atoms with Crippen molar-refractivity contribution < 1.29 is 9.34 Å². The molecule has 0 radical (unpaired) electrons. The number of hydrogen-bond acceptors (Lipinski definition) is 3. The number of halogens is 1. The number of benzene rings is 3. The molecule has 0 unspecified atom stereocenters. The van der Waals surface area contributed by atoms with Gasteiger partial charge in [-0.2, -0.15) is 0 Å². The number of nitrogens with zero attached hydrogens (tertiary/aromatic N) is 1. The molecule has 4 aromatic rings. The maximum absolute atomic E-state index is 11.4. The van der Waals surface area contributed by atoms with Crippen LogP contribution in [0.5, 0.6) is 0 Å². The lowest BCUT2D eigenvalue weighted by molar-refractivity contribution is -0.384. The van der Waals surface area contributed by atoms with Gasteiger partial charge < -0.3 is 4.42 Å². The topological polar surface area (TPSA) is 56.3 Å². The summed E-state index contributed by atoms with van der Waals surface area (Å²) in [5.41, 5.74) is 2.72. The SMILES string of the molecule is O=[N+]([O-])c1cc(Cl)ccc1-c1cccc2oc3ccccc3c12. The summed E-state index contributed by atoms with van der Waals surface area (Å²) in [5.74, 6) is 0. The molecule has 0 saturated heterocycles. The number of para-hydroxylation sites is 1. The Morgan fingerprint density at radius 1 is 0.913 bits per heavy atom. The van der Waals surface area contributed by atoms with E-state index in [1.165, 1.54) is 6.07 Å². The van der Waals surface area contributed by atoms with Crippen LogP contribution in [0.25, 0.3) is 33.1 Å². The largest absolute Gasteiger partial charge is 0.456 e. The zero-order valence-electron chi connectivity index (χ0n) is 11.8. The summed E-state index contributed by atoms with van der Waals surface area (Å²) in [6.45, 7) is 0. The second-order valence-corrected chi connectivity index (χ2v) is 5.63. The molecule has 0 saturated carbocycles. The van der Waals surface area contributed by atoms with E-state index < -0.39 is 4.92 Å². The first kappa shape index (κ1) is 13.8. The minimum absolute atomic E-state index is 0.0183. The van der Waals surface area contributed by atoms with Crippen LogP contribution in [0.15, 0.2) is 65.1 Å². The van der Waals surface area contributed by atoms with Gasteiger partial charge in [0.1, 0.15) is 11.2 Å². The minimum atomic E-state index is -0.414. The summed E-state index contributed by atoms with van der Waals surface area (Å²) in [6.07, 6.45) is 0. The van der Waals surface area contributed by atoms with E-state index in [0.717, 1.165) is 21.9 Å². The fraction of sp³-hybridized carbons (Fsp3) is 0. The first-order valence-electron chi connectivity index (χ1n) is 7.00. The maximum atomic E-state index is 11.4. The van der Waals surface area contributed by atoms with E-state index in [1.54, 1.807) is 12.1 Å². The molecule has 0 atom stereocenters. The predicted molar refractivity (Wildman–Crippen MR) is 90.8 cm³/mol. The van der Waals surface area contributed by atoms with Gasteiger partial charge >= 0.3 is 0 Å². The molecule has 0 bridgehead atoms. The smallest absolute Gasteiger partial charge is 0.278 e. The van der Waals surface area contributed by atoms with Crippen LogP contribution in [0.3, 0.4) is 0 Å². The quantitative estimate of drug-likeness (QED) is 0.345. The Morgan fingerprint density at radius 3 is 2.52 bits per heavy atom. The van der Waals surface area contributed by atoms with Crippen LogP contribution < -0.4 is 0 Å². The second-order valence-electron chi connectivity index (χ2n) is 5.20. The Hall–Kier alpha value is -2.85. The highest BCUT2D eigenvalue weighted by molar-refractivity contribution is 6.31. The summed E-state index contributed by atoms with van der Waals surface area (Å²) >= 11 is 5.92. The standard InChI is InChI=1S/C18H10ClNO3/c19-11-8-9-12(15(10-11)20(21)22)13-5-3-7-17-18(13)14-4-1-2-6-16(14)23-17/h1-10H. The van der Waals surface area contributed by atoms with E-state index in [9.17, 15) is 10.1 Å². The van der Waals surface area contributed by atoms with Gasteiger partial charge in [0.05, 0.1) is 10.5 Å². The van der Waals surface area contributed by atoms with Gasteiger partial charge in [0.2, 0.25) is 0 Å². The van der Waals surface area contributed by atoms with Gasteiger partial charge in [-0.1, -0.05) is 41.9 Å². The van der Waals surface area contributed by atoms with Crippen LogP contribution in [0, 0.1) is 10.1 Å². The average Bonchev–Trinajstić information content (AvgIpc) is 2.93. The summed E-state index contributed by atoms with van der Waals surface area (Å²) < 4.78 is 5.84. The monoisotopic (exact) mass is 323 g/mol. The normalized spacial score (nSPS) is 11.2. The number of nitro groups is 1. The molecule has 1 heterocycles. The van der Waals surface area contributed by atoms with Crippen LogP contribution in [0.4, 0.5) is 5.69 Å². The highest BCUT2D eigenvalue weighted by atomic mass is 35.5. The Labute approximate surface area is 136 Å². The predicted octanol–water partition coefficient (Wildman–Crippen LogP) is 5.81. The van der Waals surface area contributed by atoms with Crippen molar-refractivity contribution in [3.63, 3.8) is 0 Å². The molecule has 0 aliphatic heterocycles. The number of rotatable bonds is 2. The van der Waals surface area contributed by atoms with Gasteiger partial charge in [-0.3, -0.25) is 10.1 Å². The number of hydrogen-bond donors (Lipinski definition) is 0. The number of nitro benzene ring substituents is 1. The number of furan rings is 1. The molecule has 4 nitrogen and oxygen atoms in total. The third kappa shape index (κ3) is 2.15. The van der Waals surface area contributed by atoms with Gasteiger partial charge in [-0.05, 0) is 24.3 Å². The molecule has 0 aliphatic rings. The molecular weight excluding hydrogens is 314 g/mol. The van der Waals surface area contributed by atoms with E-state index >= 15 is 0 Å². The van der Waals surface area contributed by atoms with Crippen molar-refractivity contribution in [1.29, 1.82) is 0 Å². The van der Waals surface area contributed by atoms with Crippen LogP contribution in [0.2, 0.25) is 5.02 Å². The zero-order valence-corrected chi connectivity index (χ0v) is 12.6. The molecule has 23 heavy (non-hydrogen) atoms. The summed E-state index contributed by atoms with van der Waals surface area (Å²) in [5, 5.41) is 13.5. The molecule has 1 aromatic heterocycles. The van der Waals surface area contributed by atoms with Crippen LogP contribution in [-0.4, -0.2) is 4.92 Å². The van der Waals surface area contributed by atoms with Gasteiger partial charge in [-0.15, -0.1) is 0 Å². The molecule has 5 heteroatoms. The van der Waals surface area contributed by atoms with Gasteiger partial charge in [0, 0.05) is 27.4 Å². The number of fused-ring (bicyclic) bond motifs is 3. The van der Waals surface area contributed by atoms with Crippen molar-refractivity contribution in [2.75, 3.05) is 0 Å². The van der Waals surface area contributed by atoms with Gasteiger partial charge in [0.25, 0.3) is 5.69 Å². The Bertz CT molecular complexity index is 1070. The van der Waals surface area contributed by atoms with Gasteiger partial charge in [0.15, 0.2) is 0 Å². The summed E-state index contributed by atoms with van der Waals surface area (Å²) in [6, 6.07) is 17.9. The zero-order chi connectivity index (χ0) is 16.0. The Morgan fingerprint density at radius 2 is 1.70 bits per heavy atom. The molecule has 112 valence electrons. The lowest BCUT2D eigenvalue weighted by Crippen LogP contribution is -1.92. The van der Waals surface area contributed by atoms with E-state index in [4.69, 9.17) is 16.0 Å². The van der Waals surface area contributed by atoms with Crippen molar-refractivity contribution in [1.82, 2.24) is 0 Å². The van der Waals surface area contributed by atoms with Crippen molar-refractivity contribution in [2.45, 2.75) is 0 Å². The Kier molecular flexibility index (Phi) is 3.06. The average molecular weight is 324 g/mol. The van der Waals surface area contributed by atoms with Crippen molar-refractivity contribution in [3.8, 4) is 11.1 Å². The van der Waals surface area contributed by atoms with Crippen molar-refractivity contribution in [2.24, 2.45) is 0 Å². The maximum Gasteiger partial charge on any atom is 0.278 e. The van der Waals surface area contributed by atoms with Crippen LogP contribution in [0.1, 0.15) is 0 Å². The molecule has 3 aromatic carbocycles.